The summed E-state index contributed by atoms with van der Waals surface area (Å²) in [6.07, 6.45) is 8.51. The molecule has 1 saturated carbocycles. The van der Waals surface area contributed by atoms with E-state index in [-0.39, 0.29) is 5.28 Å². The van der Waals surface area contributed by atoms with Gasteiger partial charge in [-0.25, -0.2) is 4.98 Å². The van der Waals surface area contributed by atoms with Gasteiger partial charge in [-0.2, -0.15) is 15.0 Å². The minimum Gasteiger partial charge on any atom is -0.351 e. The minimum absolute atomic E-state index is 0.184. The lowest BCUT2D eigenvalue weighted by Gasteiger charge is -2.17. The summed E-state index contributed by atoms with van der Waals surface area (Å²) in [6.45, 7) is 4.57. The largest absolute Gasteiger partial charge is 0.351 e. The molecule has 1 aliphatic carbocycles. The van der Waals surface area contributed by atoms with Crippen LogP contribution in [0.1, 0.15) is 33.1 Å². The SMILES string of the molecule is CC1(C)CCC(Nc2nc(Cl)nc(-n3ccnc3)n2)C1. The Kier molecular flexibility index (Phi) is 3.33. The molecule has 2 heterocycles. The third kappa shape index (κ3) is 2.90. The maximum absolute atomic E-state index is 5.97. The Hall–Kier alpha value is -1.69. The van der Waals surface area contributed by atoms with Crippen molar-refractivity contribution in [1.29, 1.82) is 0 Å². The van der Waals surface area contributed by atoms with Crippen LogP contribution in [0.15, 0.2) is 18.7 Å². The van der Waals surface area contributed by atoms with E-state index in [9.17, 15) is 0 Å². The second kappa shape index (κ2) is 5.01. The minimum atomic E-state index is 0.184. The average molecular weight is 293 g/mol. The van der Waals surface area contributed by atoms with Gasteiger partial charge in [0, 0.05) is 18.4 Å². The second-order valence-electron chi connectivity index (χ2n) is 5.95. The Labute approximate surface area is 122 Å². The second-order valence-corrected chi connectivity index (χ2v) is 6.28. The molecule has 0 amide bonds. The molecule has 0 spiro atoms. The van der Waals surface area contributed by atoms with Crippen molar-refractivity contribution in [2.75, 3.05) is 5.32 Å². The molecule has 3 rings (SSSR count). The van der Waals surface area contributed by atoms with Gasteiger partial charge in [0.05, 0.1) is 0 Å². The highest BCUT2D eigenvalue weighted by atomic mass is 35.5. The molecular formula is C13H17ClN6. The number of halogens is 1. The third-order valence-electron chi connectivity index (χ3n) is 3.63. The fraction of sp³-hybridized carbons (Fsp3) is 0.538. The summed E-state index contributed by atoms with van der Waals surface area (Å²) in [5, 5.41) is 3.54. The van der Waals surface area contributed by atoms with E-state index in [0.29, 0.717) is 23.4 Å². The fourth-order valence-electron chi connectivity index (χ4n) is 2.64. The van der Waals surface area contributed by atoms with Crippen LogP contribution >= 0.6 is 11.6 Å². The molecule has 0 radical (unpaired) electrons. The van der Waals surface area contributed by atoms with Crippen molar-refractivity contribution < 1.29 is 0 Å². The standard InChI is InChI=1S/C13H17ClN6/c1-13(2)4-3-9(7-13)16-11-17-10(14)18-12(19-11)20-6-5-15-8-20/h5-6,8-9H,3-4,7H2,1-2H3,(H,16,17,18,19). The van der Waals surface area contributed by atoms with Crippen molar-refractivity contribution in [2.45, 2.75) is 39.2 Å². The van der Waals surface area contributed by atoms with Gasteiger partial charge in [-0.15, -0.1) is 0 Å². The van der Waals surface area contributed by atoms with E-state index in [1.54, 1.807) is 23.3 Å². The van der Waals surface area contributed by atoms with Crippen LogP contribution in [0.4, 0.5) is 5.95 Å². The van der Waals surface area contributed by atoms with Crippen molar-refractivity contribution >= 4 is 17.5 Å². The zero-order valence-electron chi connectivity index (χ0n) is 11.5. The number of nitrogens with one attached hydrogen (secondary N) is 1. The first-order valence-electron chi connectivity index (χ1n) is 6.68. The van der Waals surface area contributed by atoms with Crippen molar-refractivity contribution in [3.05, 3.63) is 24.0 Å². The summed E-state index contributed by atoms with van der Waals surface area (Å²) < 4.78 is 1.71. The smallest absolute Gasteiger partial charge is 0.241 e. The summed E-state index contributed by atoms with van der Waals surface area (Å²) in [4.78, 5) is 16.6. The van der Waals surface area contributed by atoms with Crippen LogP contribution in [-0.2, 0) is 0 Å². The Morgan fingerprint density at radius 2 is 2.20 bits per heavy atom. The highest BCUT2D eigenvalue weighted by Gasteiger charge is 2.31. The van der Waals surface area contributed by atoms with Crippen molar-refractivity contribution in [3.63, 3.8) is 0 Å². The number of imidazole rings is 1. The summed E-state index contributed by atoms with van der Waals surface area (Å²) in [7, 11) is 0. The molecule has 106 valence electrons. The zero-order valence-corrected chi connectivity index (χ0v) is 12.3. The van der Waals surface area contributed by atoms with E-state index < -0.39 is 0 Å². The Bertz CT molecular complexity index is 595. The van der Waals surface area contributed by atoms with Gasteiger partial charge < -0.3 is 5.32 Å². The molecule has 1 fully saturated rings. The highest BCUT2D eigenvalue weighted by molar-refractivity contribution is 6.28. The van der Waals surface area contributed by atoms with Gasteiger partial charge in [-0.05, 0) is 36.3 Å². The molecule has 0 aliphatic heterocycles. The number of hydrogen-bond acceptors (Lipinski definition) is 5. The van der Waals surface area contributed by atoms with Gasteiger partial charge in [0.15, 0.2) is 0 Å². The van der Waals surface area contributed by atoms with Crippen LogP contribution in [0.2, 0.25) is 5.28 Å². The number of anilines is 1. The Balaban J connectivity index is 1.80. The molecule has 0 aromatic carbocycles. The summed E-state index contributed by atoms with van der Waals surface area (Å²) in [5.41, 5.74) is 0.377. The number of nitrogens with zero attached hydrogens (tertiary/aromatic N) is 5. The zero-order chi connectivity index (χ0) is 14.2. The van der Waals surface area contributed by atoms with Gasteiger partial charge in [-0.3, -0.25) is 4.57 Å². The van der Waals surface area contributed by atoms with Crippen LogP contribution in [0, 0.1) is 5.41 Å². The summed E-state index contributed by atoms with van der Waals surface area (Å²) in [5.74, 6) is 0.999. The normalized spacial score (nSPS) is 21.1. The average Bonchev–Trinajstić information content (AvgIpc) is 2.98. The highest BCUT2D eigenvalue weighted by Crippen LogP contribution is 2.37. The van der Waals surface area contributed by atoms with Gasteiger partial charge in [0.2, 0.25) is 17.2 Å². The van der Waals surface area contributed by atoms with Crippen molar-refractivity contribution in [3.8, 4) is 5.95 Å². The maximum Gasteiger partial charge on any atom is 0.241 e. The van der Waals surface area contributed by atoms with E-state index in [2.05, 4.69) is 39.1 Å². The first-order chi connectivity index (χ1) is 9.52. The molecule has 1 unspecified atom stereocenters. The first-order valence-corrected chi connectivity index (χ1v) is 7.06. The number of rotatable bonds is 3. The predicted octanol–water partition coefficient (Wildman–Crippen LogP) is 2.70. The van der Waals surface area contributed by atoms with Crippen LogP contribution in [0.3, 0.4) is 0 Å². The van der Waals surface area contributed by atoms with Crippen molar-refractivity contribution in [2.24, 2.45) is 5.41 Å². The molecule has 6 nitrogen and oxygen atoms in total. The Morgan fingerprint density at radius 1 is 1.35 bits per heavy atom. The molecule has 0 bridgehead atoms. The van der Waals surface area contributed by atoms with Gasteiger partial charge in [0.1, 0.15) is 6.33 Å². The lowest BCUT2D eigenvalue weighted by molar-refractivity contribution is 0.378. The van der Waals surface area contributed by atoms with Crippen LogP contribution in [-0.4, -0.2) is 30.5 Å². The van der Waals surface area contributed by atoms with Crippen LogP contribution < -0.4 is 5.32 Å². The molecule has 2 aromatic rings. The molecule has 1 atom stereocenters. The molecule has 1 N–H and O–H groups in total. The summed E-state index contributed by atoms with van der Waals surface area (Å²) >= 11 is 5.97. The fourth-order valence-corrected chi connectivity index (χ4v) is 2.79. The van der Waals surface area contributed by atoms with Crippen LogP contribution in [0.5, 0.6) is 0 Å². The summed E-state index contributed by atoms with van der Waals surface area (Å²) in [6, 6.07) is 0.388. The lowest BCUT2D eigenvalue weighted by atomic mass is 9.92. The maximum atomic E-state index is 5.97. The molecular weight excluding hydrogens is 276 g/mol. The van der Waals surface area contributed by atoms with E-state index >= 15 is 0 Å². The van der Waals surface area contributed by atoms with E-state index in [0.717, 1.165) is 12.8 Å². The van der Waals surface area contributed by atoms with E-state index in [1.807, 2.05) is 0 Å². The molecule has 2 aromatic heterocycles. The topological polar surface area (TPSA) is 68.5 Å². The van der Waals surface area contributed by atoms with E-state index in [1.165, 1.54) is 6.42 Å². The van der Waals surface area contributed by atoms with Crippen LogP contribution in [0.25, 0.3) is 5.95 Å². The Morgan fingerprint density at radius 3 is 2.85 bits per heavy atom. The molecule has 20 heavy (non-hydrogen) atoms. The van der Waals surface area contributed by atoms with Gasteiger partial charge in [0.25, 0.3) is 0 Å². The van der Waals surface area contributed by atoms with Gasteiger partial charge >= 0.3 is 0 Å². The van der Waals surface area contributed by atoms with E-state index in [4.69, 9.17) is 11.6 Å². The number of aromatic nitrogens is 5. The number of hydrogen-bond donors (Lipinski definition) is 1. The lowest BCUT2D eigenvalue weighted by Crippen LogP contribution is -2.20. The first kappa shape index (κ1) is 13.3. The van der Waals surface area contributed by atoms with Gasteiger partial charge in [-0.1, -0.05) is 13.8 Å². The van der Waals surface area contributed by atoms with Crippen molar-refractivity contribution in [1.82, 2.24) is 24.5 Å². The quantitative estimate of drug-likeness (QED) is 0.942. The molecule has 1 aliphatic rings. The monoisotopic (exact) mass is 292 g/mol. The predicted molar refractivity (Wildman–Crippen MR) is 77.0 cm³/mol. The molecule has 7 heteroatoms. The molecule has 0 saturated heterocycles. The third-order valence-corrected chi connectivity index (χ3v) is 3.80.